The van der Waals surface area contributed by atoms with E-state index in [0.717, 1.165) is 25.7 Å². The Hall–Kier alpha value is -2.15. The molecule has 0 aromatic carbocycles. The summed E-state index contributed by atoms with van der Waals surface area (Å²) in [5.74, 6) is -0.102. The van der Waals surface area contributed by atoms with Crippen molar-refractivity contribution in [3.05, 3.63) is 35.9 Å². The monoisotopic (exact) mass is 317 g/mol. The number of hydrogen-bond acceptors (Lipinski definition) is 4. The number of aromatic nitrogens is 4. The van der Waals surface area contributed by atoms with Crippen LogP contribution in [0, 0.1) is 0 Å². The fourth-order valence-corrected chi connectivity index (χ4v) is 3.03. The SMILES string of the molecule is CC(C)(O)c1cn([C@@H]2CCCC[C@@H]2NC(=O)c2ccc[nH]2)nn1. The zero-order chi connectivity index (χ0) is 16.4. The van der Waals surface area contributed by atoms with Crippen molar-refractivity contribution >= 4 is 5.91 Å². The Bertz CT molecular complexity index is 656. The molecule has 0 bridgehead atoms. The summed E-state index contributed by atoms with van der Waals surface area (Å²) in [7, 11) is 0. The van der Waals surface area contributed by atoms with Gasteiger partial charge in [0.25, 0.3) is 5.91 Å². The second-order valence-electron chi connectivity index (χ2n) is 6.66. The molecule has 3 N–H and O–H groups in total. The third-order valence-electron chi connectivity index (χ3n) is 4.37. The van der Waals surface area contributed by atoms with Gasteiger partial charge in [-0.2, -0.15) is 0 Å². The van der Waals surface area contributed by atoms with Gasteiger partial charge in [0.05, 0.1) is 18.3 Å². The highest BCUT2D eigenvalue weighted by molar-refractivity contribution is 5.92. The van der Waals surface area contributed by atoms with Crippen LogP contribution in [0.25, 0.3) is 0 Å². The predicted octanol–water partition coefficient (Wildman–Crippen LogP) is 1.75. The molecule has 0 saturated heterocycles. The minimum atomic E-state index is -1.02. The highest BCUT2D eigenvalue weighted by Gasteiger charge is 2.30. The van der Waals surface area contributed by atoms with E-state index in [9.17, 15) is 9.90 Å². The van der Waals surface area contributed by atoms with Crippen LogP contribution >= 0.6 is 0 Å². The Balaban J connectivity index is 1.76. The number of hydrogen-bond donors (Lipinski definition) is 3. The van der Waals surface area contributed by atoms with Crippen molar-refractivity contribution in [3.63, 3.8) is 0 Å². The van der Waals surface area contributed by atoms with Crippen LogP contribution in [0.5, 0.6) is 0 Å². The van der Waals surface area contributed by atoms with E-state index in [4.69, 9.17) is 0 Å². The zero-order valence-electron chi connectivity index (χ0n) is 13.5. The second kappa shape index (κ2) is 6.16. The van der Waals surface area contributed by atoms with Gasteiger partial charge in [0.15, 0.2) is 0 Å². The molecule has 1 aliphatic rings. The van der Waals surface area contributed by atoms with Crippen LogP contribution in [0.4, 0.5) is 0 Å². The maximum atomic E-state index is 12.3. The summed E-state index contributed by atoms with van der Waals surface area (Å²) in [4.78, 5) is 15.2. The first kappa shape index (κ1) is 15.7. The number of amides is 1. The van der Waals surface area contributed by atoms with E-state index in [1.165, 1.54) is 0 Å². The highest BCUT2D eigenvalue weighted by Crippen LogP contribution is 2.29. The first-order valence-corrected chi connectivity index (χ1v) is 8.04. The Kier molecular flexibility index (Phi) is 4.21. The topological polar surface area (TPSA) is 95.8 Å². The Morgan fingerprint density at radius 3 is 2.87 bits per heavy atom. The first-order valence-electron chi connectivity index (χ1n) is 8.04. The van der Waals surface area contributed by atoms with Crippen molar-refractivity contribution in [1.82, 2.24) is 25.3 Å². The molecule has 0 aliphatic heterocycles. The van der Waals surface area contributed by atoms with Crippen molar-refractivity contribution in [2.75, 3.05) is 0 Å². The third-order valence-corrected chi connectivity index (χ3v) is 4.37. The molecule has 1 fully saturated rings. The van der Waals surface area contributed by atoms with Gasteiger partial charge in [-0.15, -0.1) is 5.10 Å². The molecule has 2 heterocycles. The van der Waals surface area contributed by atoms with Gasteiger partial charge in [-0.25, -0.2) is 4.68 Å². The zero-order valence-corrected chi connectivity index (χ0v) is 13.5. The summed E-state index contributed by atoms with van der Waals surface area (Å²) in [6.07, 6.45) is 7.54. The third kappa shape index (κ3) is 3.44. The molecule has 1 aliphatic carbocycles. The van der Waals surface area contributed by atoms with Crippen molar-refractivity contribution in [3.8, 4) is 0 Å². The van der Waals surface area contributed by atoms with Crippen LogP contribution < -0.4 is 5.32 Å². The lowest BCUT2D eigenvalue weighted by Crippen LogP contribution is -2.43. The van der Waals surface area contributed by atoms with E-state index >= 15 is 0 Å². The molecule has 23 heavy (non-hydrogen) atoms. The number of nitrogens with zero attached hydrogens (tertiary/aromatic N) is 3. The fraction of sp³-hybridized carbons (Fsp3) is 0.562. The van der Waals surface area contributed by atoms with Crippen molar-refractivity contribution in [2.45, 2.75) is 57.2 Å². The molecular formula is C16H23N5O2. The van der Waals surface area contributed by atoms with Gasteiger partial charge < -0.3 is 15.4 Å². The maximum absolute atomic E-state index is 12.3. The van der Waals surface area contributed by atoms with Crippen molar-refractivity contribution in [2.24, 2.45) is 0 Å². The summed E-state index contributed by atoms with van der Waals surface area (Å²) in [5.41, 5.74) is 0.0817. The van der Waals surface area contributed by atoms with Crippen LogP contribution in [0.15, 0.2) is 24.5 Å². The highest BCUT2D eigenvalue weighted by atomic mass is 16.3. The standard InChI is InChI=1S/C16H23N5O2/c1-16(2,23)14-10-21(20-19-14)13-8-4-3-6-11(13)18-15(22)12-7-5-9-17-12/h5,7,9-11,13,17,23H,3-4,6,8H2,1-2H3,(H,18,22)/t11-,13+/m0/s1. The molecule has 2 atom stereocenters. The summed E-state index contributed by atoms with van der Waals surface area (Å²) in [6.45, 7) is 3.37. The van der Waals surface area contributed by atoms with E-state index in [1.807, 2.05) is 0 Å². The molecule has 2 aromatic rings. The largest absolute Gasteiger partial charge is 0.384 e. The normalized spacial score (nSPS) is 22.0. The Morgan fingerprint density at radius 2 is 2.22 bits per heavy atom. The lowest BCUT2D eigenvalue weighted by atomic mass is 9.90. The average molecular weight is 317 g/mol. The van der Waals surface area contributed by atoms with Gasteiger partial charge in [-0.05, 0) is 38.8 Å². The van der Waals surface area contributed by atoms with Gasteiger partial charge in [0.2, 0.25) is 0 Å². The summed E-state index contributed by atoms with van der Waals surface area (Å²) in [5, 5.41) is 21.4. The lowest BCUT2D eigenvalue weighted by Gasteiger charge is -2.31. The minimum absolute atomic E-state index is 0.0101. The molecule has 2 aromatic heterocycles. The molecular weight excluding hydrogens is 294 g/mol. The van der Waals surface area contributed by atoms with Crippen molar-refractivity contribution < 1.29 is 9.90 Å². The fourth-order valence-electron chi connectivity index (χ4n) is 3.03. The van der Waals surface area contributed by atoms with Crippen LogP contribution in [0.1, 0.15) is 61.8 Å². The van der Waals surface area contributed by atoms with E-state index in [0.29, 0.717) is 11.4 Å². The minimum Gasteiger partial charge on any atom is -0.384 e. The van der Waals surface area contributed by atoms with Gasteiger partial charge in [0.1, 0.15) is 17.0 Å². The molecule has 0 spiro atoms. The summed E-state index contributed by atoms with van der Waals surface area (Å²) >= 11 is 0. The van der Waals surface area contributed by atoms with Crippen molar-refractivity contribution in [1.29, 1.82) is 0 Å². The summed E-state index contributed by atoms with van der Waals surface area (Å²) < 4.78 is 1.78. The van der Waals surface area contributed by atoms with E-state index in [2.05, 4.69) is 20.6 Å². The number of carbonyl (C=O) groups excluding carboxylic acids is 1. The number of carbonyl (C=O) groups is 1. The predicted molar refractivity (Wildman–Crippen MR) is 84.8 cm³/mol. The van der Waals surface area contributed by atoms with Crippen LogP contribution in [-0.2, 0) is 5.60 Å². The number of H-pyrrole nitrogens is 1. The molecule has 3 rings (SSSR count). The summed E-state index contributed by atoms with van der Waals surface area (Å²) in [6, 6.07) is 3.64. The molecule has 7 heteroatoms. The maximum Gasteiger partial charge on any atom is 0.267 e. The van der Waals surface area contributed by atoms with E-state index in [1.54, 1.807) is 43.1 Å². The number of aromatic amines is 1. The second-order valence-corrected chi connectivity index (χ2v) is 6.66. The smallest absolute Gasteiger partial charge is 0.267 e. The first-order chi connectivity index (χ1) is 10.9. The molecule has 1 saturated carbocycles. The molecule has 1 amide bonds. The Morgan fingerprint density at radius 1 is 1.43 bits per heavy atom. The molecule has 124 valence electrons. The molecule has 7 nitrogen and oxygen atoms in total. The molecule has 0 unspecified atom stereocenters. The van der Waals surface area contributed by atoms with Gasteiger partial charge in [-0.1, -0.05) is 18.1 Å². The number of aliphatic hydroxyl groups is 1. The van der Waals surface area contributed by atoms with Gasteiger partial charge >= 0.3 is 0 Å². The lowest BCUT2D eigenvalue weighted by molar-refractivity contribution is 0.0735. The quantitative estimate of drug-likeness (QED) is 0.800. The Labute approximate surface area is 135 Å². The molecule has 0 radical (unpaired) electrons. The van der Waals surface area contributed by atoms with Gasteiger partial charge in [-0.3, -0.25) is 4.79 Å². The number of rotatable bonds is 4. The number of nitrogens with one attached hydrogen (secondary N) is 2. The van der Waals surface area contributed by atoms with Crippen LogP contribution in [-0.4, -0.2) is 37.0 Å². The average Bonchev–Trinajstić information content (AvgIpc) is 3.19. The van der Waals surface area contributed by atoms with E-state index < -0.39 is 5.60 Å². The van der Waals surface area contributed by atoms with E-state index in [-0.39, 0.29) is 18.0 Å². The van der Waals surface area contributed by atoms with Crippen LogP contribution in [0.2, 0.25) is 0 Å². The van der Waals surface area contributed by atoms with Crippen LogP contribution in [0.3, 0.4) is 0 Å². The van der Waals surface area contributed by atoms with Gasteiger partial charge in [0, 0.05) is 6.20 Å².